The summed E-state index contributed by atoms with van der Waals surface area (Å²) in [5.74, 6) is -2.77. The lowest BCUT2D eigenvalue weighted by molar-refractivity contribution is -0.161. The van der Waals surface area contributed by atoms with Crippen LogP contribution in [0.5, 0.6) is 0 Å². The maximum absolute atomic E-state index is 14.5. The summed E-state index contributed by atoms with van der Waals surface area (Å²) in [6, 6.07) is 11.0. The molecule has 48 heavy (non-hydrogen) atoms. The minimum absolute atomic E-state index is 0.0416. The molecule has 2 aliphatic rings. The van der Waals surface area contributed by atoms with Crippen molar-refractivity contribution < 1.29 is 38.4 Å². The van der Waals surface area contributed by atoms with E-state index >= 15 is 0 Å². The maximum Gasteiger partial charge on any atom is 0.309 e. The minimum Gasteiger partial charge on any atom is -0.481 e. The number of carboxylic acid groups (broad SMARTS) is 1. The molecular formula is C34H32F2N6O6. The molecule has 0 bridgehead atoms. The van der Waals surface area contributed by atoms with Crippen molar-refractivity contribution in [3.63, 3.8) is 0 Å². The molecule has 12 nitrogen and oxygen atoms in total. The first-order valence-electron chi connectivity index (χ1n) is 14.9. The van der Waals surface area contributed by atoms with E-state index in [1.54, 1.807) is 29.9 Å². The van der Waals surface area contributed by atoms with Crippen molar-refractivity contribution in [3.8, 4) is 12.1 Å². The van der Waals surface area contributed by atoms with Crippen molar-refractivity contribution in [3.05, 3.63) is 107 Å². The number of hydrogen-bond acceptors (Lipinski definition) is 9. The molecule has 0 unspecified atom stereocenters. The van der Waals surface area contributed by atoms with Crippen molar-refractivity contribution in [1.29, 1.82) is 10.5 Å². The van der Waals surface area contributed by atoms with Crippen molar-refractivity contribution in [2.75, 3.05) is 0 Å². The summed E-state index contributed by atoms with van der Waals surface area (Å²) >= 11 is 0. The molecule has 0 radical (unpaired) electrons. The number of carbonyl (C=O) groups is 2. The van der Waals surface area contributed by atoms with Crippen LogP contribution in [0.25, 0.3) is 0 Å². The number of imidazole rings is 2. The zero-order chi connectivity index (χ0) is 35.0. The van der Waals surface area contributed by atoms with Crippen LogP contribution in [0.1, 0.15) is 92.2 Å². The number of carbonyl (C=O) groups excluding carboxylic acids is 1. The van der Waals surface area contributed by atoms with E-state index in [0.717, 1.165) is 12.1 Å². The third kappa shape index (κ3) is 6.67. The number of benzene rings is 2. The lowest BCUT2D eigenvalue weighted by Crippen LogP contribution is -2.31. The van der Waals surface area contributed by atoms with E-state index in [2.05, 4.69) is 9.97 Å². The molecule has 0 spiro atoms. The number of halogens is 2. The molecule has 14 heteroatoms. The van der Waals surface area contributed by atoms with Gasteiger partial charge in [-0.05, 0) is 45.0 Å². The third-order valence-corrected chi connectivity index (χ3v) is 8.30. The molecule has 248 valence electrons. The number of ether oxygens (including phenoxy) is 1. The minimum atomic E-state index is -1.59. The Bertz CT molecular complexity index is 1970. The van der Waals surface area contributed by atoms with E-state index in [1.807, 2.05) is 12.1 Å². The summed E-state index contributed by atoms with van der Waals surface area (Å²) in [7, 11) is 0. The Hall–Kier alpha value is -5.44. The molecule has 0 amide bonds. The average molecular weight is 659 g/mol. The number of aromatic nitrogens is 4. The fraction of sp³-hybridized carbons (Fsp3) is 0.353. The van der Waals surface area contributed by atoms with Crippen LogP contribution in [0, 0.1) is 34.3 Å². The summed E-state index contributed by atoms with van der Waals surface area (Å²) < 4.78 is 37.2. The summed E-state index contributed by atoms with van der Waals surface area (Å²) in [5.41, 5.74) is -1.91. The predicted octanol–water partition coefficient (Wildman–Crippen LogP) is 4.36. The van der Waals surface area contributed by atoms with Gasteiger partial charge in [0.25, 0.3) is 0 Å². The van der Waals surface area contributed by atoms with E-state index in [1.165, 1.54) is 49.3 Å². The summed E-state index contributed by atoms with van der Waals surface area (Å²) in [6.07, 6.45) is 5.25. The first-order valence-corrected chi connectivity index (χ1v) is 14.9. The van der Waals surface area contributed by atoms with Gasteiger partial charge in [0.15, 0.2) is 0 Å². The van der Waals surface area contributed by atoms with Gasteiger partial charge in [-0.2, -0.15) is 10.5 Å². The molecule has 6 rings (SSSR count). The molecular weight excluding hydrogens is 626 g/mol. The average Bonchev–Trinajstić information content (AvgIpc) is 3.77. The fourth-order valence-electron chi connectivity index (χ4n) is 6.32. The highest BCUT2D eigenvalue weighted by molar-refractivity contribution is 5.71. The molecule has 0 aliphatic carbocycles. The van der Waals surface area contributed by atoms with E-state index in [9.17, 15) is 28.6 Å². The van der Waals surface area contributed by atoms with Gasteiger partial charge in [-0.15, -0.1) is 0 Å². The van der Waals surface area contributed by atoms with Gasteiger partial charge in [0.2, 0.25) is 0 Å². The van der Waals surface area contributed by atoms with E-state index < -0.39 is 58.9 Å². The fourth-order valence-corrected chi connectivity index (χ4v) is 6.32. The number of nitrogens with zero attached hydrogens (tertiary/aromatic N) is 6. The molecule has 2 aromatic heterocycles. The highest BCUT2D eigenvalue weighted by atomic mass is 19.1. The smallest absolute Gasteiger partial charge is 0.309 e. The number of nitriles is 2. The number of carboxylic acids is 1. The van der Waals surface area contributed by atoms with Crippen LogP contribution in [0.15, 0.2) is 61.4 Å². The lowest BCUT2D eigenvalue weighted by atomic mass is 9.90. The number of rotatable bonds is 6. The Morgan fingerprint density at radius 2 is 1.31 bits per heavy atom. The van der Waals surface area contributed by atoms with Gasteiger partial charge in [0, 0.05) is 24.0 Å². The Balaban J connectivity index is 0.000000190. The second-order valence-corrected chi connectivity index (χ2v) is 12.9. The molecule has 2 aliphatic heterocycles. The number of hydrogen-bond donors (Lipinski definition) is 3. The van der Waals surface area contributed by atoms with Crippen LogP contribution in [-0.2, 0) is 25.5 Å². The van der Waals surface area contributed by atoms with Gasteiger partial charge >= 0.3 is 11.9 Å². The van der Waals surface area contributed by atoms with Crippen LogP contribution in [0.3, 0.4) is 0 Å². The van der Waals surface area contributed by atoms with Crippen LogP contribution in [-0.4, -0.2) is 52.0 Å². The highest BCUT2D eigenvalue weighted by Crippen LogP contribution is 2.46. The van der Waals surface area contributed by atoms with Crippen LogP contribution in [0.4, 0.5) is 8.78 Å². The quantitative estimate of drug-likeness (QED) is 0.251. The second-order valence-electron chi connectivity index (χ2n) is 12.9. The molecule has 4 atom stereocenters. The van der Waals surface area contributed by atoms with Gasteiger partial charge in [-0.3, -0.25) is 9.59 Å². The first kappa shape index (κ1) is 33.9. The Kier molecular flexibility index (Phi) is 8.93. The SMILES string of the molecule is CC(C)(C)OC(=O)C[C@@]1(O)C[C@H](c2ccc(C#N)cc2F)n2cncc21.N#Cc1ccc([C@H]2C[C@](O)(CC(=O)O)c3cncn32)c(F)c1. The van der Waals surface area contributed by atoms with E-state index in [0.29, 0.717) is 22.5 Å². The number of aliphatic carboxylic acids is 1. The van der Waals surface area contributed by atoms with E-state index in [4.69, 9.17) is 20.4 Å². The standard InChI is InChI=1S/C19H20FN3O3.C15H12FN3O3/c1-18(2,3)26-17(24)8-19(25)7-15(23-11-22-10-16(19)23)13-5-4-12(9-21)6-14(13)20;16-11-3-9(6-17)1-2-10(11)12-4-15(22,5-14(20)21)13-7-18-8-19(12)13/h4-6,10-11,15,25H,7-8H2,1-3H3;1-3,7-8,12,22H,4-5H2,(H,20,21)/t15-,19+;12-,15+/m11/s1. The van der Waals surface area contributed by atoms with Gasteiger partial charge in [0.1, 0.15) is 28.4 Å². The molecule has 2 aromatic carbocycles. The summed E-state index contributed by atoms with van der Waals surface area (Å²) in [6.45, 7) is 5.26. The molecule has 4 heterocycles. The largest absolute Gasteiger partial charge is 0.481 e. The molecule has 4 aromatic rings. The molecule has 0 saturated carbocycles. The third-order valence-electron chi connectivity index (χ3n) is 8.30. The molecule has 0 fully saturated rings. The first-order chi connectivity index (χ1) is 22.6. The van der Waals surface area contributed by atoms with Crippen molar-refractivity contribution in [1.82, 2.24) is 19.1 Å². The zero-order valence-corrected chi connectivity index (χ0v) is 26.3. The van der Waals surface area contributed by atoms with E-state index in [-0.39, 0.29) is 30.4 Å². The Morgan fingerprint density at radius 1 is 0.875 bits per heavy atom. The summed E-state index contributed by atoms with van der Waals surface area (Å²) in [5, 5.41) is 48.4. The number of esters is 1. The lowest BCUT2D eigenvalue weighted by Gasteiger charge is -2.25. The molecule has 3 N–H and O–H groups in total. The van der Waals surface area contributed by atoms with Gasteiger partial charge in [0.05, 0.1) is 84.6 Å². The number of aliphatic hydroxyl groups is 2. The van der Waals surface area contributed by atoms with Gasteiger partial charge in [-0.1, -0.05) is 12.1 Å². The second kappa shape index (κ2) is 12.6. The van der Waals surface area contributed by atoms with Crippen LogP contribution >= 0.6 is 0 Å². The van der Waals surface area contributed by atoms with Gasteiger partial charge in [-0.25, -0.2) is 18.7 Å². The predicted molar refractivity (Wildman–Crippen MR) is 163 cm³/mol. The maximum atomic E-state index is 14.5. The summed E-state index contributed by atoms with van der Waals surface area (Å²) in [4.78, 5) is 31.2. The normalized spacial score (nSPS) is 22.4. The van der Waals surface area contributed by atoms with Crippen molar-refractivity contribution in [2.24, 2.45) is 0 Å². The molecule has 0 saturated heterocycles. The van der Waals surface area contributed by atoms with Crippen molar-refractivity contribution >= 4 is 11.9 Å². The van der Waals surface area contributed by atoms with Crippen LogP contribution in [0.2, 0.25) is 0 Å². The van der Waals surface area contributed by atoms with Gasteiger partial charge < -0.3 is 29.2 Å². The monoisotopic (exact) mass is 658 g/mol. The zero-order valence-electron chi connectivity index (χ0n) is 26.3. The Morgan fingerprint density at radius 3 is 1.69 bits per heavy atom. The van der Waals surface area contributed by atoms with Crippen molar-refractivity contribution in [2.45, 2.75) is 75.3 Å². The highest BCUT2D eigenvalue weighted by Gasteiger charge is 2.47. The topological polar surface area (TPSA) is 187 Å². The Labute approximate surface area is 274 Å². The van der Waals surface area contributed by atoms with Crippen LogP contribution < -0.4 is 0 Å². The number of fused-ring (bicyclic) bond motifs is 2.